The van der Waals surface area contributed by atoms with E-state index in [4.69, 9.17) is 4.74 Å². The zero-order valence-electron chi connectivity index (χ0n) is 20.9. The Morgan fingerprint density at radius 1 is 1.00 bits per heavy atom. The van der Waals surface area contributed by atoms with Crippen LogP contribution in [0.5, 0.6) is 5.75 Å². The molecule has 0 bridgehead atoms. The fourth-order valence-corrected chi connectivity index (χ4v) is 5.61. The summed E-state index contributed by atoms with van der Waals surface area (Å²) in [4.78, 5) is 27.6. The minimum absolute atomic E-state index is 0.0190. The highest BCUT2D eigenvalue weighted by Crippen LogP contribution is 2.26. The van der Waals surface area contributed by atoms with Crippen LogP contribution in [0.3, 0.4) is 0 Å². The van der Waals surface area contributed by atoms with E-state index in [1.165, 1.54) is 24.1 Å². The van der Waals surface area contributed by atoms with Crippen molar-refractivity contribution in [2.24, 2.45) is 0 Å². The smallest absolute Gasteiger partial charge is 0.264 e. The van der Waals surface area contributed by atoms with Gasteiger partial charge in [-0.3, -0.25) is 13.9 Å². The van der Waals surface area contributed by atoms with Gasteiger partial charge in [0.25, 0.3) is 10.0 Å². The number of para-hydroxylation sites is 1. The van der Waals surface area contributed by atoms with Gasteiger partial charge >= 0.3 is 0 Å². The molecular weight excluding hydrogens is 558 g/mol. The van der Waals surface area contributed by atoms with Gasteiger partial charge in [0, 0.05) is 18.1 Å². The number of nitrogens with zero attached hydrogens (tertiary/aromatic N) is 2. The lowest BCUT2D eigenvalue weighted by Gasteiger charge is -2.31. The van der Waals surface area contributed by atoms with Gasteiger partial charge in [0.15, 0.2) is 0 Å². The summed E-state index contributed by atoms with van der Waals surface area (Å²) in [5.41, 5.74) is 1.12. The first-order valence-electron chi connectivity index (χ1n) is 11.7. The van der Waals surface area contributed by atoms with Gasteiger partial charge < -0.3 is 15.0 Å². The van der Waals surface area contributed by atoms with Crippen LogP contribution in [-0.2, 0) is 26.2 Å². The third-order valence-corrected chi connectivity index (χ3v) is 7.98. The molecule has 0 saturated carbocycles. The Balaban J connectivity index is 1.99. The fourth-order valence-electron chi connectivity index (χ4n) is 3.75. The molecule has 0 heterocycles. The molecule has 0 aliphatic rings. The Labute approximate surface area is 226 Å². The Bertz CT molecular complexity index is 1320. The SMILES string of the molecule is CCOc1ccc(S(=O)(=O)N(CC(=O)N(Cc2cccc(Br)c2)C(C)C(=O)NC)c2ccccc2)cc1. The first-order chi connectivity index (χ1) is 17.7. The number of likely N-dealkylation sites (N-methyl/N-ethyl adjacent to an activating group) is 1. The molecule has 8 nitrogen and oxygen atoms in total. The van der Waals surface area contributed by atoms with Gasteiger partial charge in [-0.15, -0.1) is 0 Å². The largest absolute Gasteiger partial charge is 0.494 e. The molecule has 0 aromatic heterocycles. The van der Waals surface area contributed by atoms with Crippen LogP contribution in [0, 0.1) is 0 Å². The maximum atomic E-state index is 13.8. The maximum absolute atomic E-state index is 13.8. The van der Waals surface area contributed by atoms with Crippen molar-refractivity contribution >= 4 is 43.5 Å². The van der Waals surface area contributed by atoms with Crippen molar-refractivity contribution in [2.45, 2.75) is 31.3 Å². The zero-order chi connectivity index (χ0) is 27.0. The van der Waals surface area contributed by atoms with Crippen LogP contribution in [0.1, 0.15) is 19.4 Å². The van der Waals surface area contributed by atoms with Gasteiger partial charge in [0.1, 0.15) is 18.3 Å². The fraction of sp³-hybridized carbons (Fsp3) is 0.259. The second-order valence-corrected chi connectivity index (χ2v) is 11.0. The lowest BCUT2D eigenvalue weighted by molar-refractivity contribution is -0.139. The summed E-state index contributed by atoms with van der Waals surface area (Å²) in [6, 6.07) is 21.0. The summed E-state index contributed by atoms with van der Waals surface area (Å²) < 4.78 is 34.8. The van der Waals surface area contributed by atoms with Crippen molar-refractivity contribution in [2.75, 3.05) is 24.5 Å². The molecule has 0 fully saturated rings. The number of carbonyl (C=O) groups excluding carboxylic acids is 2. The van der Waals surface area contributed by atoms with Crippen LogP contribution in [0.25, 0.3) is 0 Å². The first-order valence-corrected chi connectivity index (χ1v) is 14.0. The molecule has 1 N–H and O–H groups in total. The Morgan fingerprint density at radius 3 is 2.27 bits per heavy atom. The van der Waals surface area contributed by atoms with Crippen molar-refractivity contribution in [3.8, 4) is 5.75 Å². The van der Waals surface area contributed by atoms with Gasteiger partial charge in [-0.25, -0.2) is 8.42 Å². The number of hydrogen-bond acceptors (Lipinski definition) is 5. The minimum Gasteiger partial charge on any atom is -0.494 e. The van der Waals surface area contributed by atoms with E-state index in [1.807, 2.05) is 31.2 Å². The number of amides is 2. The molecule has 3 aromatic rings. The Morgan fingerprint density at radius 2 is 1.68 bits per heavy atom. The van der Waals surface area contributed by atoms with Crippen LogP contribution >= 0.6 is 15.9 Å². The van der Waals surface area contributed by atoms with Crippen molar-refractivity contribution in [1.82, 2.24) is 10.2 Å². The van der Waals surface area contributed by atoms with Crippen LogP contribution in [0.4, 0.5) is 5.69 Å². The second-order valence-electron chi connectivity index (χ2n) is 8.19. The molecule has 0 saturated heterocycles. The quantitative estimate of drug-likeness (QED) is 0.362. The molecule has 0 aliphatic carbocycles. The van der Waals surface area contributed by atoms with E-state index in [0.717, 1.165) is 14.3 Å². The molecule has 1 unspecified atom stereocenters. The minimum atomic E-state index is -4.12. The van der Waals surface area contributed by atoms with E-state index in [9.17, 15) is 18.0 Å². The molecule has 2 amide bonds. The van der Waals surface area contributed by atoms with E-state index < -0.39 is 28.5 Å². The van der Waals surface area contributed by atoms with E-state index in [1.54, 1.807) is 49.4 Å². The van der Waals surface area contributed by atoms with Crippen molar-refractivity contribution in [3.05, 3.63) is 88.9 Å². The Kier molecular flexibility index (Phi) is 9.71. The summed E-state index contributed by atoms with van der Waals surface area (Å²) in [5.74, 6) is -0.332. The molecule has 196 valence electrons. The van der Waals surface area contributed by atoms with Crippen molar-refractivity contribution < 1.29 is 22.7 Å². The summed E-state index contributed by atoms with van der Waals surface area (Å²) in [5, 5.41) is 2.57. The summed E-state index contributed by atoms with van der Waals surface area (Å²) in [6.07, 6.45) is 0. The molecule has 10 heteroatoms. The summed E-state index contributed by atoms with van der Waals surface area (Å²) in [6.45, 7) is 3.54. The van der Waals surface area contributed by atoms with E-state index in [-0.39, 0.29) is 17.3 Å². The number of nitrogens with one attached hydrogen (secondary N) is 1. The number of anilines is 1. The molecule has 3 rings (SSSR count). The van der Waals surface area contributed by atoms with E-state index >= 15 is 0 Å². The van der Waals surface area contributed by atoms with E-state index in [0.29, 0.717) is 18.0 Å². The van der Waals surface area contributed by atoms with Crippen LogP contribution in [0.15, 0.2) is 88.2 Å². The molecule has 37 heavy (non-hydrogen) atoms. The standard InChI is InChI=1S/C27H30BrN3O5S/c1-4-36-24-13-15-25(16-14-24)37(34,35)31(23-11-6-5-7-12-23)19-26(32)30(20(2)27(33)29-3)18-21-9-8-10-22(28)17-21/h5-17,20H,4,18-19H2,1-3H3,(H,29,33). The number of rotatable bonds is 11. The number of benzene rings is 3. The molecule has 0 aliphatic heterocycles. The summed E-state index contributed by atoms with van der Waals surface area (Å²) in [7, 11) is -2.63. The van der Waals surface area contributed by atoms with Gasteiger partial charge in [0.2, 0.25) is 11.8 Å². The molecule has 0 spiro atoms. The van der Waals surface area contributed by atoms with Crippen LogP contribution < -0.4 is 14.4 Å². The maximum Gasteiger partial charge on any atom is 0.264 e. The molecule has 1 atom stereocenters. The van der Waals surface area contributed by atoms with Gasteiger partial charge in [-0.05, 0) is 67.9 Å². The Hall–Kier alpha value is -3.37. The van der Waals surface area contributed by atoms with Crippen molar-refractivity contribution in [1.29, 1.82) is 0 Å². The predicted octanol–water partition coefficient (Wildman–Crippen LogP) is 4.21. The van der Waals surface area contributed by atoms with E-state index in [2.05, 4.69) is 21.2 Å². The average molecular weight is 589 g/mol. The van der Waals surface area contributed by atoms with Gasteiger partial charge in [0.05, 0.1) is 17.2 Å². The lowest BCUT2D eigenvalue weighted by Crippen LogP contribution is -2.50. The highest BCUT2D eigenvalue weighted by molar-refractivity contribution is 9.10. The van der Waals surface area contributed by atoms with Gasteiger partial charge in [-0.1, -0.05) is 46.3 Å². The number of sulfonamides is 1. The van der Waals surface area contributed by atoms with Crippen LogP contribution in [-0.4, -0.2) is 51.4 Å². The first kappa shape index (κ1) is 28.2. The predicted molar refractivity (Wildman–Crippen MR) is 147 cm³/mol. The number of halogens is 1. The summed E-state index contributed by atoms with van der Waals surface area (Å²) >= 11 is 3.43. The highest BCUT2D eigenvalue weighted by atomic mass is 79.9. The average Bonchev–Trinajstić information content (AvgIpc) is 2.90. The van der Waals surface area contributed by atoms with Crippen molar-refractivity contribution in [3.63, 3.8) is 0 Å². The topological polar surface area (TPSA) is 96.0 Å². The van der Waals surface area contributed by atoms with Crippen LogP contribution in [0.2, 0.25) is 0 Å². The molecular formula is C27H30BrN3O5S. The zero-order valence-corrected chi connectivity index (χ0v) is 23.3. The lowest BCUT2D eigenvalue weighted by atomic mass is 10.1. The second kappa shape index (κ2) is 12.7. The normalized spacial score (nSPS) is 11.9. The molecule has 3 aromatic carbocycles. The van der Waals surface area contributed by atoms with Gasteiger partial charge in [-0.2, -0.15) is 0 Å². The number of ether oxygens (including phenoxy) is 1. The highest BCUT2D eigenvalue weighted by Gasteiger charge is 2.32. The number of hydrogen-bond donors (Lipinski definition) is 1. The third-order valence-electron chi connectivity index (χ3n) is 5.70. The third kappa shape index (κ3) is 7.11. The molecule has 0 radical (unpaired) electrons. The number of carbonyl (C=O) groups is 2. The monoisotopic (exact) mass is 587 g/mol.